The molecule has 26 heavy (non-hydrogen) atoms. The molecule has 1 amide bonds. The van der Waals surface area contributed by atoms with Crippen LogP contribution in [0.25, 0.3) is 0 Å². The number of rotatable bonds is 3. The minimum Gasteiger partial charge on any atom is -0.476 e. The number of benzene rings is 2. The fourth-order valence-electron chi connectivity index (χ4n) is 2.79. The molecule has 6 nitrogen and oxygen atoms in total. The van der Waals surface area contributed by atoms with E-state index in [1.807, 2.05) is 38.1 Å². The Morgan fingerprint density at radius 1 is 1.23 bits per heavy atom. The van der Waals surface area contributed by atoms with E-state index in [4.69, 9.17) is 4.74 Å². The molecule has 2 aromatic rings. The summed E-state index contributed by atoms with van der Waals surface area (Å²) >= 11 is 2.20. The molecule has 2 aromatic carbocycles. The first-order valence-electron chi connectivity index (χ1n) is 7.97. The predicted octanol–water partition coefficient (Wildman–Crippen LogP) is 3.07. The predicted molar refractivity (Wildman–Crippen MR) is 110 cm³/mol. The summed E-state index contributed by atoms with van der Waals surface area (Å²) < 4.78 is 32.5. The number of halogens is 1. The van der Waals surface area contributed by atoms with Crippen molar-refractivity contribution < 1.29 is 17.9 Å². The summed E-state index contributed by atoms with van der Waals surface area (Å²) in [6.07, 6.45) is 0.196. The SMILES string of the molecule is Cc1ccc2c(c1)N(S(C)(=O)=O)CC(C(=O)Nc1ccc(I)cc1C)O2. The maximum atomic E-state index is 12.7. The van der Waals surface area contributed by atoms with E-state index in [0.29, 0.717) is 17.1 Å². The number of carbonyl (C=O) groups is 1. The van der Waals surface area contributed by atoms with Gasteiger partial charge in [-0.25, -0.2) is 8.42 Å². The van der Waals surface area contributed by atoms with Crippen molar-refractivity contribution in [2.24, 2.45) is 0 Å². The average Bonchev–Trinajstić information content (AvgIpc) is 2.55. The summed E-state index contributed by atoms with van der Waals surface area (Å²) in [4.78, 5) is 12.7. The average molecular weight is 486 g/mol. The summed E-state index contributed by atoms with van der Waals surface area (Å²) in [6, 6.07) is 10.9. The highest BCUT2D eigenvalue weighted by molar-refractivity contribution is 14.1. The number of anilines is 2. The van der Waals surface area contributed by atoms with Crippen LogP contribution in [0.3, 0.4) is 0 Å². The van der Waals surface area contributed by atoms with E-state index in [2.05, 4.69) is 27.9 Å². The molecule has 0 aliphatic carbocycles. The van der Waals surface area contributed by atoms with Gasteiger partial charge in [-0.1, -0.05) is 6.07 Å². The van der Waals surface area contributed by atoms with Gasteiger partial charge in [-0.05, 0) is 77.9 Å². The van der Waals surface area contributed by atoms with Crippen molar-refractivity contribution in [2.75, 3.05) is 22.4 Å². The molecule has 0 spiro atoms. The van der Waals surface area contributed by atoms with Gasteiger partial charge in [0.25, 0.3) is 5.91 Å². The van der Waals surface area contributed by atoms with Gasteiger partial charge in [-0.3, -0.25) is 9.10 Å². The second-order valence-corrected chi connectivity index (χ2v) is 9.47. The van der Waals surface area contributed by atoms with E-state index in [1.54, 1.807) is 12.1 Å². The molecule has 8 heteroatoms. The molecule has 0 radical (unpaired) electrons. The topological polar surface area (TPSA) is 75.7 Å². The van der Waals surface area contributed by atoms with Crippen LogP contribution < -0.4 is 14.4 Å². The first kappa shape index (κ1) is 19.0. The molecule has 0 aromatic heterocycles. The molecule has 1 atom stereocenters. The maximum absolute atomic E-state index is 12.7. The molecule has 138 valence electrons. The van der Waals surface area contributed by atoms with Gasteiger partial charge in [0.15, 0.2) is 6.10 Å². The van der Waals surface area contributed by atoms with E-state index < -0.39 is 16.1 Å². The van der Waals surface area contributed by atoms with Crippen LogP contribution in [0.5, 0.6) is 5.75 Å². The van der Waals surface area contributed by atoms with Gasteiger partial charge in [0, 0.05) is 9.26 Å². The summed E-state index contributed by atoms with van der Waals surface area (Å²) in [5, 5.41) is 2.83. The minimum atomic E-state index is -3.54. The van der Waals surface area contributed by atoms with Crippen LogP contribution in [-0.4, -0.2) is 33.2 Å². The molecule has 0 fully saturated rings. The molecule has 1 unspecified atom stereocenters. The van der Waals surface area contributed by atoms with Crippen LogP contribution in [0.4, 0.5) is 11.4 Å². The van der Waals surface area contributed by atoms with E-state index in [1.165, 1.54) is 4.31 Å². The Morgan fingerprint density at radius 2 is 1.96 bits per heavy atom. The summed E-state index contributed by atoms with van der Waals surface area (Å²) in [5.74, 6) is 0.000871. The number of hydrogen-bond donors (Lipinski definition) is 1. The number of sulfonamides is 1. The molecule has 1 aliphatic rings. The summed E-state index contributed by atoms with van der Waals surface area (Å²) in [7, 11) is -3.54. The summed E-state index contributed by atoms with van der Waals surface area (Å²) in [5.41, 5.74) is 2.98. The van der Waals surface area contributed by atoms with Crippen molar-refractivity contribution in [1.82, 2.24) is 0 Å². The molecule has 0 bridgehead atoms. The van der Waals surface area contributed by atoms with Crippen molar-refractivity contribution in [3.05, 3.63) is 51.1 Å². The first-order valence-corrected chi connectivity index (χ1v) is 10.9. The Labute approximate surface area is 166 Å². The Balaban J connectivity index is 1.89. The lowest BCUT2D eigenvalue weighted by atomic mass is 10.1. The van der Waals surface area contributed by atoms with Gasteiger partial charge in [0.2, 0.25) is 10.0 Å². The number of nitrogens with zero attached hydrogens (tertiary/aromatic N) is 1. The molecule has 0 saturated carbocycles. The van der Waals surface area contributed by atoms with E-state index in [9.17, 15) is 13.2 Å². The van der Waals surface area contributed by atoms with E-state index in [-0.39, 0.29) is 12.5 Å². The number of nitrogens with one attached hydrogen (secondary N) is 1. The number of carbonyl (C=O) groups excluding carboxylic acids is 1. The van der Waals surface area contributed by atoms with Gasteiger partial charge in [-0.15, -0.1) is 0 Å². The van der Waals surface area contributed by atoms with Gasteiger partial charge in [0.05, 0.1) is 18.5 Å². The lowest BCUT2D eigenvalue weighted by Gasteiger charge is -2.34. The highest BCUT2D eigenvalue weighted by Crippen LogP contribution is 2.36. The quantitative estimate of drug-likeness (QED) is 0.677. The number of hydrogen-bond acceptors (Lipinski definition) is 4. The standard InChI is InChI=1S/C18H19IN2O4S/c1-11-4-7-16-15(8-11)21(26(3,23)24)10-17(25-16)18(22)20-14-6-5-13(19)9-12(14)2/h4-9,17H,10H2,1-3H3,(H,20,22). The van der Waals surface area contributed by atoms with Crippen LogP contribution in [0, 0.1) is 17.4 Å². The fraction of sp³-hybridized carbons (Fsp3) is 0.278. The Kier molecular flexibility index (Phi) is 5.16. The Morgan fingerprint density at radius 3 is 2.62 bits per heavy atom. The molecule has 1 N–H and O–H groups in total. The van der Waals surface area contributed by atoms with Crippen molar-refractivity contribution in [2.45, 2.75) is 20.0 Å². The van der Waals surface area contributed by atoms with E-state index >= 15 is 0 Å². The maximum Gasteiger partial charge on any atom is 0.267 e. The summed E-state index contributed by atoms with van der Waals surface area (Å²) in [6.45, 7) is 3.71. The van der Waals surface area contributed by atoms with Crippen molar-refractivity contribution in [3.63, 3.8) is 0 Å². The molecular formula is C18H19IN2O4S. The normalized spacial score (nSPS) is 16.6. The third kappa shape index (κ3) is 3.96. The molecule has 3 rings (SSSR count). The van der Waals surface area contributed by atoms with Gasteiger partial charge in [0.1, 0.15) is 5.75 Å². The van der Waals surface area contributed by atoms with Crippen LogP contribution in [-0.2, 0) is 14.8 Å². The number of fused-ring (bicyclic) bond motifs is 1. The van der Waals surface area contributed by atoms with Crippen LogP contribution in [0.1, 0.15) is 11.1 Å². The van der Waals surface area contributed by atoms with Crippen molar-refractivity contribution in [3.8, 4) is 5.75 Å². The van der Waals surface area contributed by atoms with Crippen LogP contribution in [0.15, 0.2) is 36.4 Å². The van der Waals surface area contributed by atoms with Crippen molar-refractivity contribution >= 4 is 49.9 Å². The van der Waals surface area contributed by atoms with Gasteiger partial charge < -0.3 is 10.1 Å². The Hall–Kier alpha value is -1.81. The number of aryl methyl sites for hydroxylation is 2. The monoisotopic (exact) mass is 486 g/mol. The third-order valence-corrected chi connectivity index (χ3v) is 5.94. The van der Waals surface area contributed by atoms with Crippen LogP contribution in [0.2, 0.25) is 0 Å². The zero-order chi connectivity index (χ0) is 19.1. The number of ether oxygens (including phenoxy) is 1. The van der Waals surface area contributed by atoms with Crippen molar-refractivity contribution in [1.29, 1.82) is 0 Å². The first-order chi connectivity index (χ1) is 12.1. The third-order valence-electron chi connectivity index (χ3n) is 4.12. The molecule has 1 aliphatic heterocycles. The number of amides is 1. The second-order valence-electron chi connectivity index (χ2n) is 6.32. The smallest absolute Gasteiger partial charge is 0.267 e. The molecule has 0 saturated heterocycles. The lowest BCUT2D eigenvalue weighted by molar-refractivity contribution is -0.122. The highest BCUT2D eigenvalue weighted by Gasteiger charge is 2.35. The zero-order valence-electron chi connectivity index (χ0n) is 14.6. The Bertz CT molecular complexity index is 975. The second kappa shape index (κ2) is 7.07. The highest BCUT2D eigenvalue weighted by atomic mass is 127. The molecular weight excluding hydrogens is 467 g/mol. The zero-order valence-corrected chi connectivity index (χ0v) is 17.6. The largest absolute Gasteiger partial charge is 0.476 e. The van der Waals surface area contributed by atoms with E-state index in [0.717, 1.165) is 21.0 Å². The molecule has 1 heterocycles. The van der Waals surface area contributed by atoms with Gasteiger partial charge >= 0.3 is 0 Å². The minimum absolute atomic E-state index is 0.0649. The van der Waals surface area contributed by atoms with Crippen LogP contribution >= 0.6 is 22.6 Å². The fourth-order valence-corrected chi connectivity index (χ4v) is 4.35. The lowest BCUT2D eigenvalue weighted by Crippen LogP contribution is -2.48. The van der Waals surface area contributed by atoms with Gasteiger partial charge in [-0.2, -0.15) is 0 Å².